The van der Waals surface area contributed by atoms with Crippen molar-refractivity contribution >= 4 is 29.3 Å². The fourth-order valence-electron chi connectivity index (χ4n) is 3.71. The topological polar surface area (TPSA) is 154 Å². The number of aromatic nitrogens is 1. The fourth-order valence-corrected chi connectivity index (χ4v) is 3.71. The van der Waals surface area contributed by atoms with Gasteiger partial charge in [0.15, 0.2) is 5.89 Å². The zero-order valence-corrected chi connectivity index (χ0v) is 16.4. The minimum atomic E-state index is -0.852. The van der Waals surface area contributed by atoms with Crippen LogP contribution in [0.5, 0.6) is 0 Å². The molecule has 1 fully saturated rings. The molecule has 0 aliphatic carbocycles. The van der Waals surface area contributed by atoms with E-state index in [1.165, 1.54) is 17.0 Å². The lowest BCUT2D eigenvalue weighted by Crippen LogP contribution is -2.52. The van der Waals surface area contributed by atoms with Gasteiger partial charge in [0.25, 0.3) is 17.5 Å². The summed E-state index contributed by atoms with van der Waals surface area (Å²) in [7, 11) is 0. The molecule has 2 aliphatic heterocycles. The number of oxazole rings is 1. The minimum absolute atomic E-state index is 0.0819. The van der Waals surface area contributed by atoms with Crippen LogP contribution in [0.4, 0.5) is 11.6 Å². The Morgan fingerprint density at radius 2 is 1.97 bits per heavy atom. The van der Waals surface area contributed by atoms with E-state index in [0.717, 1.165) is 11.0 Å². The largest absolute Gasteiger partial charge is 0.424 e. The molecular formula is C19H16N6O6. The molecule has 158 valence electrons. The Bertz CT molecular complexity index is 1160. The van der Waals surface area contributed by atoms with Crippen molar-refractivity contribution in [2.45, 2.75) is 6.92 Å². The molecule has 2 aliphatic rings. The van der Waals surface area contributed by atoms with Crippen LogP contribution in [-0.2, 0) is 4.79 Å². The molecule has 4 rings (SSSR count). The van der Waals surface area contributed by atoms with E-state index < -0.39 is 34.9 Å². The van der Waals surface area contributed by atoms with Gasteiger partial charge in [0.2, 0.25) is 17.5 Å². The molecule has 0 spiro atoms. The number of hydrogen-bond donors (Lipinski definition) is 0. The molecule has 12 heteroatoms. The number of anilines is 1. The van der Waals surface area contributed by atoms with Crippen LogP contribution in [0, 0.1) is 28.4 Å². The van der Waals surface area contributed by atoms with Crippen molar-refractivity contribution in [2.75, 3.05) is 37.6 Å². The summed E-state index contributed by atoms with van der Waals surface area (Å²) in [5.74, 6) is -1.32. The Morgan fingerprint density at radius 1 is 1.26 bits per heavy atom. The van der Waals surface area contributed by atoms with E-state index >= 15 is 0 Å². The normalized spacial score (nSPS) is 15.8. The number of nitriles is 1. The molecule has 0 unspecified atom stereocenters. The summed E-state index contributed by atoms with van der Waals surface area (Å²) < 4.78 is 5.48. The molecular weight excluding hydrogens is 408 g/mol. The predicted octanol–water partition coefficient (Wildman–Crippen LogP) is 0.708. The number of benzene rings is 1. The number of carbonyl (C=O) groups is 3. The highest BCUT2D eigenvalue weighted by molar-refractivity contribution is 6.24. The maximum atomic E-state index is 12.7. The van der Waals surface area contributed by atoms with Gasteiger partial charge < -0.3 is 14.2 Å². The van der Waals surface area contributed by atoms with Crippen molar-refractivity contribution in [1.82, 2.24) is 14.8 Å². The van der Waals surface area contributed by atoms with Crippen molar-refractivity contribution < 1.29 is 23.7 Å². The van der Waals surface area contributed by atoms with E-state index in [4.69, 9.17) is 9.68 Å². The molecule has 2 aromatic rings. The summed E-state index contributed by atoms with van der Waals surface area (Å²) in [5, 5.41) is 20.4. The quantitative estimate of drug-likeness (QED) is 0.392. The van der Waals surface area contributed by atoms with E-state index in [9.17, 15) is 24.5 Å². The number of rotatable bonds is 4. The lowest BCUT2D eigenvalue weighted by molar-refractivity contribution is -0.385. The second-order valence-electron chi connectivity index (χ2n) is 7.02. The van der Waals surface area contributed by atoms with Gasteiger partial charge in [0, 0.05) is 39.2 Å². The highest BCUT2D eigenvalue weighted by Crippen LogP contribution is 2.30. The van der Waals surface area contributed by atoms with Crippen LogP contribution in [0.2, 0.25) is 0 Å². The number of fused-ring (bicyclic) bond motifs is 1. The van der Waals surface area contributed by atoms with Crippen LogP contribution in [0.15, 0.2) is 22.6 Å². The molecule has 0 bridgehead atoms. The van der Waals surface area contributed by atoms with E-state index in [2.05, 4.69) is 4.98 Å². The molecule has 3 amide bonds. The Balaban J connectivity index is 1.44. The third-order valence-electron chi connectivity index (χ3n) is 5.21. The zero-order chi connectivity index (χ0) is 22.3. The van der Waals surface area contributed by atoms with Gasteiger partial charge >= 0.3 is 0 Å². The molecule has 1 aromatic carbocycles. The lowest BCUT2D eigenvalue weighted by atomic mass is 10.1. The predicted molar refractivity (Wildman–Crippen MR) is 103 cm³/mol. The zero-order valence-electron chi connectivity index (χ0n) is 16.4. The first-order chi connectivity index (χ1) is 14.8. The maximum absolute atomic E-state index is 12.7. The number of imide groups is 1. The number of nitrogens with zero attached hydrogens (tertiary/aromatic N) is 6. The third kappa shape index (κ3) is 3.35. The summed E-state index contributed by atoms with van der Waals surface area (Å²) in [6.07, 6.45) is 0. The van der Waals surface area contributed by atoms with Crippen LogP contribution in [0.25, 0.3) is 0 Å². The highest BCUT2D eigenvalue weighted by atomic mass is 16.6. The van der Waals surface area contributed by atoms with Gasteiger partial charge in [-0.2, -0.15) is 5.26 Å². The summed E-state index contributed by atoms with van der Waals surface area (Å²) in [4.78, 5) is 56.4. The summed E-state index contributed by atoms with van der Waals surface area (Å²) in [6.45, 7) is 2.45. The average molecular weight is 424 g/mol. The van der Waals surface area contributed by atoms with E-state index in [1.807, 2.05) is 6.07 Å². The van der Waals surface area contributed by atoms with Crippen molar-refractivity contribution in [1.29, 1.82) is 5.26 Å². The number of nitro groups is 1. The molecule has 1 aromatic heterocycles. The summed E-state index contributed by atoms with van der Waals surface area (Å²) in [6, 6.07) is 5.78. The minimum Gasteiger partial charge on any atom is -0.424 e. The van der Waals surface area contributed by atoms with Crippen molar-refractivity contribution in [3.63, 3.8) is 0 Å². The smallest absolute Gasteiger partial charge is 0.282 e. The second-order valence-corrected chi connectivity index (χ2v) is 7.02. The molecule has 0 N–H and O–H groups in total. The van der Waals surface area contributed by atoms with Gasteiger partial charge in [-0.15, -0.1) is 0 Å². The molecule has 31 heavy (non-hydrogen) atoms. The van der Waals surface area contributed by atoms with Gasteiger partial charge in [-0.3, -0.25) is 29.4 Å². The first-order valence-electron chi connectivity index (χ1n) is 9.35. The van der Waals surface area contributed by atoms with E-state index in [-0.39, 0.29) is 29.9 Å². The van der Waals surface area contributed by atoms with Crippen LogP contribution in [0.3, 0.4) is 0 Å². The van der Waals surface area contributed by atoms with Crippen molar-refractivity contribution in [3.05, 3.63) is 51.0 Å². The maximum Gasteiger partial charge on any atom is 0.282 e. The number of hydrogen-bond acceptors (Lipinski definition) is 9. The fraction of sp³-hybridized carbons (Fsp3) is 0.316. The number of nitro benzene ring substituents is 1. The second kappa shape index (κ2) is 7.52. The van der Waals surface area contributed by atoms with Gasteiger partial charge in [0.1, 0.15) is 18.2 Å². The van der Waals surface area contributed by atoms with E-state index in [1.54, 1.807) is 11.8 Å². The molecule has 3 heterocycles. The Labute approximate surface area is 175 Å². The first kappa shape index (κ1) is 20.0. The lowest BCUT2D eigenvalue weighted by Gasteiger charge is -2.35. The van der Waals surface area contributed by atoms with Gasteiger partial charge in [-0.05, 0) is 6.07 Å². The van der Waals surface area contributed by atoms with Gasteiger partial charge in [0.05, 0.1) is 10.5 Å². The standard InChI is InChI=1S/C19H16N6O6/c1-11-21-13(9-20)19(31-11)23-7-5-22(6-8-23)15(26)10-24-17(27)12-3-2-4-14(25(29)30)16(12)18(24)28/h2-4H,5-8,10H2,1H3. The monoisotopic (exact) mass is 424 g/mol. The Morgan fingerprint density at radius 3 is 2.61 bits per heavy atom. The first-order valence-corrected chi connectivity index (χ1v) is 9.35. The van der Waals surface area contributed by atoms with Crippen LogP contribution in [0.1, 0.15) is 32.3 Å². The average Bonchev–Trinajstić information content (AvgIpc) is 3.26. The van der Waals surface area contributed by atoms with Crippen LogP contribution in [-0.4, -0.2) is 70.2 Å². The van der Waals surface area contributed by atoms with Gasteiger partial charge in [-0.1, -0.05) is 6.07 Å². The van der Waals surface area contributed by atoms with Crippen molar-refractivity contribution in [3.8, 4) is 6.07 Å². The number of carbonyl (C=O) groups excluding carboxylic acids is 3. The van der Waals surface area contributed by atoms with E-state index in [0.29, 0.717) is 24.9 Å². The molecule has 0 saturated carbocycles. The molecule has 1 saturated heterocycles. The molecule has 12 nitrogen and oxygen atoms in total. The Kier molecular flexibility index (Phi) is 4.86. The van der Waals surface area contributed by atoms with Crippen LogP contribution < -0.4 is 4.90 Å². The van der Waals surface area contributed by atoms with Gasteiger partial charge in [-0.25, -0.2) is 4.98 Å². The number of aryl methyl sites for hydroxylation is 1. The highest BCUT2D eigenvalue weighted by Gasteiger charge is 2.42. The molecule has 0 radical (unpaired) electrons. The number of amides is 3. The van der Waals surface area contributed by atoms with Crippen LogP contribution >= 0.6 is 0 Å². The van der Waals surface area contributed by atoms with Crippen molar-refractivity contribution in [2.24, 2.45) is 0 Å². The SMILES string of the molecule is Cc1nc(C#N)c(N2CCN(C(=O)CN3C(=O)c4cccc([N+](=O)[O-])c4C3=O)CC2)o1. The number of piperazine rings is 1. The Hall–Kier alpha value is -4.27. The summed E-state index contributed by atoms with van der Waals surface area (Å²) in [5.41, 5.74) is -0.665. The summed E-state index contributed by atoms with van der Waals surface area (Å²) >= 11 is 0. The third-order valence-corrected chi connectivity index (χ3v) is 5.21. The molecule has 0 atom stereocenters.